The zero-order valence-electron chi connectivity index (χ0n) is 12.8. The first-order chi connectivity index (χ1) is 11.7. The molecule has 7 heteroatoms. The van der Waals surface area contributed by atoms with Crippen LogP contribution in [0.1, 0.15) is 11.5 Å². The first-order valence-corrected chi connectivity index (χ1v) is 7.83. The molecule has 1 N–H and O–H groups in total. The normalized spacial score (nSPS) is 10.5. The molecular formula is C17H15ClN4O2. The van der Waals surface area contributed by atoms with E-state index in [9.17, 15) is 4.79 Å². The first kappa shape index (κ1) is 16.1. The number of nitrogens with one attached hydrogen (secondary N) is 1. The van der Waals surface area contributed by atoms with Crippen molar-refractivity contribution in [3.8, 4) is 11.6 Å². The van der Waals surface area contributed by atoms with Gasteiger partial charge in [-0.15, -0.1) is 10.2 Å². The fourth-order valence-electron chi connectivity index (χ4n) is 2.11. The van der Waals surface area contributed by atoms with Gasteiger partial charge < -0.3 is 9.73 Å². The van der Waals surface area contributed by atoms with Crippen LogP contribution in [0, 0.1) is 0 Å². The minimum absolute atomic E-state index is 0.0678. The summed E-state index contributed by atoms with van der Waals surface area (Å²) in [6.45, 7) is 0.427. The third-order valence-corrected chi connectivity index (χ3v) is 3.54. The summed E-state index contributed by atoms with van der Waals surface area (Å²) in [5.41, 5.74) is 1.54. The van der Waals surface area contributed by atoms with Gasteiger partial charge >= 0.3 is 0 Å². The van der Waals surface area contributed by atoms with Crippen molar-refractivity contribution in [3.63, 3.8) is 0 Å². The molecular weight excluding hydrogens is 328 g/mol. The summed E-state index contributed by atoms with van der Waals surface area (Å²) >= 11 is 5.82. The molecule has 0 atom stereocenters. The van der Waals surface area contributed by atoms with E-state index < -0.39 is 0 Å². The van der Waals surface area contributed by atoms with Crippen LogP contribution < -0.4 is 5.32 Å². The predicted octanol–water partition coefficient (Wildman–Crippen LogP) is 2.69. The van der Waals surface area contributed by atoms with Gasteiger partial charge in [0, 0.05) is 24.2 Å². The molecule has 0 saturated carbocycles. The van der Waals surface area contributed by atoms with Crippen molar-refractivity contribution >= 4 is 17.5 Å². The number of amides is 1. The van der Waals surface area contributed by atoms with E-state index in [0.29, 0.717) is 41.9 Å². The Morgan fingerprint density at radius 1 is 1.12 bits per heavy atom. The zero-order valence-corrected chi connectivity index (χ0v) is 13.5. The number of pyridine rings is 1. The number of carbonyl (C=O) groups is 1. The highest BCUT2D eigenvalue weighted by atomic mass is 35.5. The Kier molecular flexibility index (Phi) is 5.18. The molecule has 0 unspecified atom stereocenters. The second-order valence-corrected chi connectivity index (χ2v) is 5.56. The van der Waals surface area contributed by atoms with Gasteiger partial charge in [0.25, 0.3) is 5.89 Å². The largest absolute Gasteiger partial charge is 0.419 e. The van der Waals surface area contributed by atoms with Crippen LogP contribution >= 0.6 is 11.6 Å². The summed E-state index contributed by atoms with van der Waals surface area (Å²) in [6, 6.07) is 12.7. The van der Waals surface area contributed by atoms with Crippen molar-refractivity contribution in [2.45, 2.75) is 12.8 Å². The number of carbonyl (C=O) groups excluding carboxylic acids is 1. The van der Waals surface area contributed by atoms with Gasteiger partial charge in [-0.05, 0) is 29.8 Å². The molecule has 24 heavy (non-hydrogen) atoms. The number of halogens is 1. The van der Waals surface area contributed by atoms with Crippen LogP contribution in [0.15, 0.2) is 53.1 Å². The molecule has 0 radical (unpaired) electrons. The van der Waals surface area contributed by atoms with Crippen LogP contribution in [-0.4, -0.2) is 27.6 Å². The van der Waals surface area contributed by atoms with Crippen LogP contribution in [0.5, 0.6) is 0 Å². The first-order valence-electron chi connectivity index (χ1n) is 7.45. The lowest BCUT2D eigenvalue weighted by molar-refractivity contribution is -0.120. The maximum atomic E-state index is 11.9. The van der Waals surface area contributed by atoms with Crippen LogP contribution in [0.2, 0.25) is 5.02 Å². The summed E-state index contributed by atoms with van der Waals surface area (Å²) in [5, 5.41) is 11.4. The van der Waals surface area contributed by atoms with Gasteiger partial charge in [0.15, 0.2) is 0 Å². The van der Waals surface area contributed by atoms with Crippen LogP contribution in [0.25, 0.3) is 11.6 Å². The minimum atomic E-state index is -0.0678. The third-order valence-electron chi connectivity index (χ3n) is 3.29. The predicted molar refractivity (Wildman–Crippen MR) is 89.4 cm³/mol. The molecule has 1 amide bonds. The summed E-state index contributed by atoms with van der Waals surface area (Å²) in [5.74, 6) is 0.766. The van der Waals surface area contributed by atoms with Crippen LogP contribution in [-0.2, 0) is 17.6 Å². The number of hydrogen-bond donors (Lipinski definition) is 1. The number of nitrogens with zero attached hydrogens (tertiary/aromatic N) is 3. The Bertz CT molecular complexity index is 803. The van der Waals surface area contributed by atoms with Gasteiger partial charge in [0.1, 0.15) is 5.69 Å². The van der Waals surface area contributed by atoms with Gasteiger partial charge in [0.05, 0.1) is 6.42 Å². The highest BCUT2D eigenvalue weighted by Crippen LogP contribution is 2.14. The van der Waals surface area contributed by atoms with E-state index >= 15 is 0 Å². The topological polar surface area (TPSA) is 80.9 Å². The quantitative estimate of drug-likeness (QED) is 0.745. The average molecular weight is 343 g/mol. The van der Waals surface area contributed by atoms with Crippen molar-refractivity contribution in [2.75, 3.05) is 6.54 Å². The standard InChI is InChI=1S/C17H15ClN4O2/c18-13-6-4-12(5-7-13)11-15(23)20-10-8-16-21-22-17(24-16)14-3-1-2-9-19-14/h1-7,9H,8,10-11H2,(H,20,23). The van der Waals surface area contributed by atoms with Gasteiger partial charge in [-0.1, -0.05) is 29.8 Å². The molecule has 2 aromatic heterocycles. The van der Waals surface area contributed by atoms with E-state index in [1.54, 1.807) is 24.4 Å². The Hall–Kier alpha value is -2.73. The van der Waals surface area contributed by atoms with E-state index in [2.05, 4.69) is 20.5 Å². The van der Waals surface area contributed by atoms with Crippen molar-refractivity contribution in [3.05, 3.63) is 65.1 Å². The Morgan fingerprint density at radius 3 is 2.71 bits per heavy atom. The number of hydrogen-bond acceptors (Lipinski definition) is 5. The Labute approximate surface area is 143 Å². The highest BCUT2D eigenvalue weighted by molar-refractivity contribution is 6.30. The molecule has 0 saturated heterocycles. The molecule has 2 heterocycles. The molecule has 0 aliphatic carbocycles. The molecule has 0 spiro atoms. The Morgan fingerprint density at radius 2 is 1.96 bits per heavy atom. The summed E-state index contributed by atoms with van der Waals surface area (Å²) in [6.07, 6.45) is 2.43. The molecule has 122 valence electrons. The van der Waals surface area contributed by atoms with Crippen molar-refractivity contribution in [1.82, 2.24) is 20.5 Å². The van der Waals surface area contributed by atoms with Crippen LogP contribution in [0.4, 0.5) is 0 Å². The third kappa shape index (κ3) is 4.39. The summed E-state index contributed by atoms with van der Waals surface area (Å²) < 4.78 is 5.53. The van der Waals surface area contributed by atoms with Gasteiger partial charge in [-0.25, -0.2) is 0 Å². The molecule has 6 nitrogen and oxygen atoms in total. The van der Waals surface area contributed by atoms with Gasteiger partial charge in [-0.3, -0.25) is 9.78 Å². The SMILES string of the molecule is O=C(Cc1ccc(Cl)cc1)NCCc1nnc(-c2ccccn2)o1. The number of aromatic nitrogens is 3. The highest BCUT2D eigenvalue weighted by Gasteiger charge is 2.10. The van der Waals surface area contributed by atoms with Crippen molar-refractivity contribution < 1.29 is 9.21 Å². The number of rotatable bonds is 6. The lowest BCUT2D eigenvalue weighted by Crippen LogP contribution is -2.27. The molecule has 1 aromatic carbocycles. The van der Waals surface area contributed by atoms with Gasteiger partial charge in [0.2, 0.25) is 11.8 Å². The van der Waals surface area contributed by atoms with E-state index in [1.807, 2.05) is 24.3 Å². The van der Waals surface area contributed by atoms with Crippen molar-refractivity contribution in [2.24, 2.45) is 0 Å². The zero-order chi connectivity index (χ0) is 16.8. The lowest BCUT2D eigenvalue weighted by Gasteiger charge is -2.03. The van der Waals surface area contributed by atoms with E-state index in [4.69, 9.17) is 16.0 Å². The second-order valence-electron chi connectivity index (χ2n) is 5.12. The van der Waals surface area contributed by atoms with E-state index in [1.165, 1.54) is 0 Å². The minimum Gasteiger partial charge on any atom is -0.419 e. The molecule has 0 fully saturated rings. The fraction of sp³-hybridized carbons (Fsp3) is 0.176. The monoisotopic (exact) mass is 342 g/mol. The van der Waals surface area contributed by atoms with E-state index in [-0.39, 0.29) is 5.91 Å². The molecule has 0 aliphatic heterocycles. The summed E-state index contributed by atoms with van der Waals surface area (Å²) in [7, 11) is 0. The average Bonchev–Trinajstić information content (AvgIpc) is 3.07. The maximum absolute atomic E-state index is 11.9. The van der Waals surface area contributed by atoms with Crippen LogP contribution in [0.3, 0.4) is 0 Å². The molecule has 3 aromatic rings. The molecule has 0 bridgehead atoms. The van der Waals surface area contributed by atoms with Gasteiger partial charge in [-0.2, -0.15) is 0 Å². The Balaban J connectivity index is 1.47. The maximum Gasteiger partial charge on any atom is 0.266 e. The number of benzene rings is 1. The molecule has 0 aliphatic rings. The molecule has 3 rings (SSSR count). The van der Waals surface area contributed by atoms with E-state index in [0.717, 1.165) is 5.56 Å². The van der Waals surface area contributed by atoms with Crippen molar-refractivity contribution in [1.29, 1.82) is 0 Å². The summed E-state index contributed by atoms with van der Waals surface area (Å²) in [4.78, 5) is 16.0. The lowest BCUT2D eigenvalue weighted by atomic mass is 10.1. The second kappa shape index (κ2) is 7.70. The smallest absolute Gasteiger partial charge is 0.266 e. The fourth-order valence-corrected chi connectivity index (χ4v) is 2.23.